The molecule has 0 aliphatic carbocycles. The van der Waals surface area contributed by atoms with Gasteiger partial charge in [0.15, 0.2) is 0 Å². The van der Waals surface area contributed by atoms with E-state index in [9.17, 15) is 9.18 Å². The maximum Gasteiger partial charge on any atom is 0.214 e. The molecule has 12 heavy (non-hydrogen) atoms. The fourth-order valence-corrected chi connectivity index (χ4v) is 0.883. The molecule has 0 aromatic carbocycles. The lowest BCUT2D eigenvalue weighted by molar-refractivity contribution is 0.0897. The van der Waals surface area contributed by atoms with Crippen LogP contribution in [0.5, 0.6) is 0 Å². The average molecular weight is 190 g/mol. The molecule has 1 aromatic rings. The number of aliphatic hydroxyl groups excluding tert-OH is 1. The first-order chi connectivity index (χ1) is 5.63. The lowest BCUT2D eigenvalue weighted by Crippen LogP contribution is -2.07. The molecule has 0 spiro atoms. The van der Waals surface area contributed by atoms with Crippen LogP contribution < -0.4 is 0 Å². The van der Waals surface area contributed by atoms with Gasteiger partial charge in [-0.05, 0) is 6.07 Å². The number of hydrogen-bond donors (Lipinski definition) is 1. The van der Waals surface area contributed by atoms with Crippen molar-refractivity contribution in [1.29, 1.82) is 0 Å². The topological polar surface area (TPSA) is 50.2 Å². The van der Waals surface area contributed by atoms with E-state index in [1.165, 1.54) is 6.07 Å². The van der Waals surface area contributed by atoms with Crippen LogP contribution in [0.1, 0.15) is 10.5 Å². The van der Waals surface area contributed by atoms with E-state index in [1.807, 2.05) is 0 Å². The molecule has 0 saturated heterocycles. The molecular formula is C7H5ClFNO2. The zero-order valence-corrected chi connectivity index (χ0v) is 6.68. The highest BCUT2D eigenvalue weighted by Crippen LogP contribution is 2.10. The molecule has 0 aliphatic rings. The minimum absolute atomic E-state index is 0.0827. The molecule has 0 saturated carbocycles. The van der Waals surface area contributed by atoms with Crippen molar-refractivity contribution in [2.45, 2.75) is 0 Å². The Morgan fingerprint density at radius 2 is 2.33 bits per heavy atom. The third-order valence-corrected chi connectivity index (χ3v) is 1.41. The lowest BCUT2D eigenvalue weighted by Gasteiger charge is -1.96. The minimum atomic E-state index is -0.834. The Morgan fingerprint density at radius 3 is 2.83 bits per heavy atom. The zero-order valence-electron chi connectivity index (χ0n) is 5.92. The molecule has 3 nitrogen and oxygen atoms in total. The number of pyridine rings is 1. The summed E-state index contributed by atoms with van der Waals surface area (Å²) < 4.78 is 12.5. The molecule has 1 rings (SSSR count). The van der Waals surface area contributed by atoms with Crippen LogP contribution in [0.15, 0.2) is 12.1 Å². The number of aromatic nitrogens is 1. The molecule has 1 aromatic heterocycles. The molecule has 0 amide bonds. The molecule has 0 bridgehead atoms. The van der Waals surface area contributed by atoms with Gasteiger partial charge in [0.1, 0.15) is 12.3 Å². The van der Waals surface area contributed by atoms with E-state index >= 15 is 0 Å². The number of Topliss-reactive ketones (excluding diaryl/α,β-unsaturated/α-hetero) is 1. The van der Waals surface area contributed by atoms with Crippen LogP contribution in [0.2, 0.25) is 5.02 Å². The van der Waals surface area contributed by atoms with Gasteiger partial charge in [0.25, 0.3) is 0 Å². The van der Waals surface area contributed by atoms with Crippen LogP contribution >= 0.6 is 11.6 Å². The summed E-state index contributed by atoms with van der Waals surface area (Å²) >= 11 is 5.44. The monoisotopic (exact) mass is 189 g/mol. The molecule has 0 fully saturated rings. The molecule has 0 aliphatic heterocycles. The van der Waals surface area contributed by atoms with Crippen molar-refractivity contribution < 1.29 is 14.3 Å². The van der Waals surface area contributed by atoms with Crippen LogP contribution in [0, 0.1) is 5.95 Å². The highest BCUT2D eigenvalue weighted by Gasteiger charge is 2.08. The minimum Gasteiger partial charge on any atom is -0.388 e. The normalized spacial score (nSPS) is 9.92. The summed E-state index contributed by atoms with van der Waals surface area (Å²) in [6.07, 6.45) is 0. The smallest absolute Gasteiger partial charge is 0.214 e. The van der Waals surface area contributed by atoms with E-state index < -0.39 is 18.3 Å². The Morgan fingerprint density at radius 1 is 1.67 bits per heavy atom. The SMILES string of the molecule is O=C(CO)c1cc(Cl)cc(F)n1. The van der Waals surface area contributed by atoms with Crippen molar-refractivity contribution in [3.8, 4) is 0 Å². The molecule has 0 radical (unpaired) electrons. The van der Waals surface area contributed by atoms with Gasteiger partial charge in [-0.3, -0.25) is 4.79 Å². The molecule has 1 N–H and O–H groups in total. The highest BCUT2D eigenvalue weighted by molar-refractivity contribution is 6.30. The number of aliphatic hydroxyl groups is 1. The van der Waals surface area contributed by atoms with Gasteiger partial charge in [0.2, 0.25) is 11.7 Å². The average Bonchev–Trinajstić information content (AvgIpc) is 2.01. The third kappa shape index (κ3) is 1.99. The van der Waals surface area contributed by atoms with E-state index in [-0.39, 0.29) is 10.7 Å². The summed E-state index contributed by atoms with van der Waals surface area (Å²) in [5.41, 5.74) is -0.164. The van der Waals surface area contributed by atoms with Gasteiger partial charge in [-0.25, -0.2) is 4.98 Å². The van der Waals surface area contributed by atoms with Crippen LogP contribution in [0.4, 0.5) is 4.39 Å². The van der Waals surface area contributed by atoms with E-state index in [0.29, 0.717) is 0 Å². The van der Waals surface area contributed by atoms with E-state index in [2.05, 4.69) is 4.98 Å². The van der Waals surface area contributed by atoms with Crippen molar-refractivity contribution in [2.75, 3.05) is 6.61 Å². The van der Waals surface area contributed by atoms with Gasteiger partial charge in [-0.1, -0.05) is 11.6 Å². The van der Waals surface area contributed by atoms with Gasteiger partial charge >= 0.3 is 0 Å². The second kappa shape index (κ2) is 3.60. The first-order valence-corrected chi connectivity index (χ1v) is 3.48. The summed E-state index contributed by atoms with van der Waals surface area (Å²) in [4.78, 5) is 14.0. The quantitative estimate of drug-likeness (QED) is 0.559. The number of hydrogen-bond acceptors (Lipinski definition) is 3. The molecule has 64 valence electrons. The summed E-state index contributed by atoms with van der Waals surface area (Å²) in [5, 5.41) is 8.50. The molecule has 1 heterocycles. The predicted octanol–water partition coefficient (Wildman–Crippen LogP) is 1.05. The lowest BCUT2D eigenvalue weighted by atomic mass is 10.2. The van der Waals surface area contributed by atoms with Gasteiger partial charge in [-0.15, -0.1) is 0 Å². The number of carbonyl (C=O) groups is 1. The maximum absolute atomic E-state index is 12.5. The Bertz CT molecular complexity index is 296. The summed E-state index contributed by atoms with van der Waals surface area (Å²) in [6.45, 7) is -0.702. The first-order valence-electron chi connectivity index (χ1n) is 3.10. The molecule has 0 atom stereocenters. The maximum atomic E-state index is 12.5. The van der Waals surface area contributed by atoms with Crippen molar-refractivity contribution >= 4 is 17.4 Å². The molecule has 0 unspecified atom stereocenters. The number of halogens is 2. The Balaban J connectivity index is 3.08. The summed E-state index contributed by atoms with van der Waals surface area (Å²) in [6, 6.07) is 2.18. The number of rotatable bonds is 2. The van der Waals surface area contributed by atoms with Gasteiger partial charge in [0.05, 0.1) is 0 Å². The van der Waals surface area contributed by atoms with Crippen molar-refractivity contribution in [1.82, 2.24) is 4.98 Å². The second-order valence-corrected chi connectivity index (χ2v) is 2.51. The summed E-state index contributed by atoms with van der Waals surface area (Å²) in [7, 11) is 0. The first kappa shape index (κ1) is 9.09. The predicted molar refractivity (Wildman–Crippen MR) is 40.6 cm³/mol. The van der Waals surface area contributed by atoms with E-state index in [1.54, 1.807) is 0 Å². The standard InChI is InChI=1S/C7H5ClFNO2/c8-4-1-5(6(12)3-11)10-7(9)2-4/h1-2,11H,3H2. The van der Waals surface area contributed by atoms with Gasteiger partial charge in [-0.2, -0.15) is 4.39 Å². The fraction of sp³-hybridized carbons (Fsp3) is 0.143. The molecule has 5 heteroatoms. The van der Waals surface area contributed by atoms with Crippen molar-refractivity contribution in [2.24, 2.45) is 0 Å². The highest BCUT2D eigenvalue weighted by atomic mass is 35.5. The van der Waals surface area contributed by atoms with Crippen LogP contribution in [-0.4, -0.2) is 22.5 Å². The number of carbonyl (C=O) groups excluding carboxylic acids is 1. The molecular weight excluding hydrogens is 185 g/mol. The van der Waals surface area contributed by atoms with E-state index in [0.717, 1.165) is 6.07 Å². The second-order valence-electron chi connectivity index (χ2n) is 2.07. The zero-order chi connectivity index (χ0) is 9.14. The van der Waals surface area contributed by atoms with E-state index in [4.69, 9.17) is 16.7 Å². The Hall–Kier alpha value is -1.00. The Labute approximate surface area is 72.8 Å². The fourth-order valence-electron chi connectivity index (χ4n) is 0.690. The largest absolute Gasteiger partial charge is 0.388 e. The van der Waals surface area contributed by atoms with Crippen LogP contribution in [-0.2, 0) is 0 Å². The van der Waals surface area contributed by atoms with Gasteiger partial charge < -0.3 is 5.11 Å². The van der Waals surface area contributed by atoms with Crippen LogP contribution in [0.25, 0.3) is 0 Å². The number of ketones is 1. The Kier molecular flexibility index (Phi) is 2.73. The van der Waals surface area contributed by atoms with Crippen molar-refractivity contribution in [3.05, 3.63) is 28.8 Å². The third-order valence-electron chi connectivity index (χ3n) is 1.19. The number of nitrogens with zero attached hydrogens (tertiary/aromatic N) is 1. The van der Waals surface area contributed by atoms with Gasteiger partial charge in [0, 0.05) is 11.1 Å². The van der Waals surface area contributed by atoms with Crippen molar-refractivity contribution in [3.63, 3.8) is 0 Å². The van der Waals surface area contributed by atoms with Crippen LogP contribution in [0.3, 0.4) is 0 Å². The summed E-state index contributed by atoms with van der Waals surface area (Å²) in [5.74, 6) is -1.49.